The fraction of sp³-hybridized carbons (Fsp3) is 0.0455. The standard InChI is InChI=1S/C15H11NO.C7H10N2S/c17-10-14-9-13(11-4-2-1-3-5-11)8-12-6-7-16-15(12)14;1-8-9-10-7-5-3-2-4-6-7/h1-10,16H;2-6,8-9H,1H3. The predicted octanol–water partition coefficient (Wildman–Crippen LogP) is 5.07. The van der Waals surface area contributed by atoms with Crippen molar-refractivity contribution in [1.29, 1.82) is 0 Å². The van der Waals surface area contributed by atoms with E-state index in [9.17, 15) is 4.79 Å². The zero-order valence-electron chi connectivity index (χ0n) is 15.0. The normalized spacial score (nSPS) is 10.3. The van der Waals surface area contributed by atoms with E-state index in [1.165, 1.54) is 4.90 Å². The molecule has 0 radical (unpaired) electrons. The Morgan fingerprint density at radius 3 is 2.26 bits per heavy atom. The largest absolute Gasteiger partial charge is 0.361 e. The van der Waals surface area contributed by atoms with Crippen LogP contribution in [0.25, 0.3) is 22.0 Å². The molecule has 1 heterocycles. The van der Waals surface area contributed by atoms with E-state index in [1.807, 2.05) is 73.9 Å². The van der Waals surface area contributed by atoms with Crippen molar-refractivity contribution in [1.82, 2.24) is 15.2 Å². The number of carbonyl (C=O) groups is 1. The number of aldehydes is 1. The molecule has 3 N–H and O–H groups in total. The number of carbonyl (C=O) groups excluding carboxylic acids is 1. The summed E-state index contributed by atoms with van der Waals surface area (Å²) in [5.41, 5.74) is 6.63. The minimum absolute atomic E-state index is 0.700. The fourth-order valence-corrected chi connectivity index (χ4v) is 3.20. The number of hydrogen-bond donors (Lipinski definition) is 3. The Bertz CT molecular complexity index is 984. The van der Waals surface area contributed by atoms with E-state index in [4.69, 9.17) is 0 Å². The van der Waals surface area contributed by atoms with Crippen molar-refractivity contribution >= 4 is 29.1 Å². The smallest absolute Gasteiger partial charge is 0.152 e. The maximum Gasteiger partial charge on any atom is 0.152 e. The molecule has 136 valence electrons. The zero-order chi connectivity index (χ0) is 18.9. The first-order chi connectivity index (χ1) is 13.3. The van der Waals surface area contributed by atoms with Crippen molar-refractivity contribution in [3.05, 3.63) is 90.6 Å². The number of nitrogens with one attached hydrogen (secondary N) is 3. The van der Waals surface area contributed by atoms with E-state index in [1.54, 1.807) is 11.9 Å². The van der Waals surface area contributed by atoms with Crippen LogP contribution in [-0.2, 0) is 0 Å². The van der Waals surface area contributed by atoms with Crippen LogP contribution in [0.4, 0.5) is 0 Å². The number of hydrogen-bond acceptors (Lipinski definition) is 4. The Balaban J connectivity index is 0.000000180. The van der Waals surface area contributed by atoms with Gasteiger partial charge in [-0.25, -0.2) is 0 Å². The van der Waals surface area contributed by atoms with E-state index in [0.29, 0.717) is 5.56 Å². The molecule has 0 aliphatic heterocycles. The topological polar surface area (TPSA) is 56.9 Å². The highest BCUT2D eigenvalue weighted by atomic mass is 32.2. The molecule has 0 fully saturated rings. The van der Waals surface area contributed by atoms with Crippen LogP contribution >= 0.6 is 11.9 Å². The van der Waals surface area contributed by atoms with Crippen molar-refractivity contribution in [2.45, 2.75) is 4.90 Å². The Hall–Kier alpha value is -2.86. The molecular weight excluding hydrogens is 354 g/mol. The Morgan fingerprint density at radius 2 is 1.59 bits per heavy atom. The molecule has 1 aromatic heterocycles. The van der Waals surface area contributed by atoms with Gasteiger partial charge in [0.05, 0.1) is 5.52 Å². The monoisotopic (exact) mass is 375 g/mol. The summed E-state index contributed by atoms with van der Waals surface area (Å²) in [6.45, 7) is 0. The molecule has 0 aliphatic rings. The summed E-state index contributed by atoms with van der Waals surface area (Å²) in [7, 11) is 1.84. The molecule has 3 aromatic carbocycles. The number of benzene rings is 3. The van der Waals surface area contributed by atoms with Crippen LogP contribution in [0.5, 0.6) is 0 Å². The highest BCUT2D eigenvalue weighted by molar-refractivity contribution is 7.97. The average Bonchev–Trinajstić information content (AvgIpc) is 3.22. The van der Waals surface area contributed by atoms with Crippen LogP contribution in [-0.4, -0.2) is 18.3 Å². The summed E-state index contributed by atoms with van der Waals surface area (Å²) in [5.74, 6) is 0. The summed E-state index contributed by atoms with van der Waals surface area (Å²) in [5, 5.41) is 1.06. The molecule has 5 heteroatoms. The van der Waals surface area contributed by atoms with Crippen molar-refractivity contribution in [2.24, 2.45) is 0 Å². The minimum Gasteiger partial charge on any atom is -0.361 e. The Morgan fingerprint density at radius 1 is 0.889 bits per heavy atom. The van der Waals surface area contributed by atoms with Gasteiger partial charge in [-0.05, 0) is 60.5 Å². The van der Waals surface area contributed by atoms with Crippen LogP contribution in [0.1, 0.15) is 10.4 Å². The molecule has 4 aromatic rings. The van der Waals surface area contributed by atoms with Crippen LogP contribution in [0.2, 0.25) is 0 Å². The number of aromatic amines is 1. The Kier molecular flexibility index (Phi) is 6.82. The number of H-pyrrole nitrogens is 1. The fourth-order valence-electron chi connectivity index (χ4n) is 2.69. The van der Waals surface area contributed by atoms with Gasteiger partial charge >= 0.3 is 0 Å². The van der Waals surface area contributed by atoms with E-state index >= 15 is 0 Å². The van der Waals surface area contributed by atoms with Gasteiger partial charge in [-0.1, -0.05) is 48.5 Å². The van der Waals surface area contributed by atoms with Crippen molar-refractivity contribution in [3.63, 3.8) is 0 Å². The van der Waals surface area contributed by atoms with Gasteiger partial charge < -0.3 is 4.98 Å². The molecule has 0 saturated heterocycles. The first-order valence-electron chi connectivity index (χ1n) is 8.57. The quantitative estimate of drug-likeness (QED) is 0.259. The van der Waals surface area contributed by atoms with Gasteiger partial charge in [-0.2, -0.15) is 4.83 Å². The molecule has 0 atom stereocenters. The molecule has 0 amide bonds. The third-order valence-corrected chi connectivity index (χ3v) is 4.75. The van der Waals surface area contributed by atoms with Gasteiger partial charge in [0.1, 0.15) is 0 Å². The molecule has 4 nitrogen and oxygen atoms in total. The first-order valence-corrected chi connectivity index (χ1v) is 9.39. The highest BCUT2D eigenvalue weighted by Gasteiger charge is 2.05. The maximum atomic E-state index is 11.1. The van der Waals surface area contributed by atoms with Gasteiger partial charge in [-0.3, -0.25) is 10.2 Å². The second kappa shape index (κ2) is 9.73. The second-order valence-corrected chi connectivity index (χ2v) is 6.64. The van der Waals surface area contributed by atoms with Gasteiger partial charge in [0.15, 0.2) is 6.29 Å². The van der Waals surface area contributed by atoms with Crippen LogP contribution in [0.15, 0.2) is 90.0 Å². The maximum absolute atomic E-state index is 11.1. The van der Waals surface area contributed by atoms with Crippen molar-refractivity contribution in [3.8, 4) is 11.1 Å². The molecule has 0 aliphatic carbocycles. The van der Waals surface area contributed by atoms with E-state index in [-0.39, 0.29) is 0 Å². The summed E-state index contributed by atoms with van der Waals surface area (Å²) < 4.78 is 0. The summed E-state index contributed by atoms with van der Waals surface area (Å²) in [6.07, 6.45) is 2.75. The van der Waals surface area contributed by atoms with Crippen LogP contribution < -0.4 is 10.3 Å². The van der Waals surface area contributed by atoms with Gasteiger partial charge in [0.25, 0.3) is 0 Å². The van der Waals surface area contributed by atoms with Gasteiger partial charge in [0.2, 0.25) is 0 Å². The van der Waals surface area contributed by atoms with Crippen molar-refractivity contribution in [2.75, 3.05) is 7.05 Å². The lowest BCUT2D eigenvalue weighted by molar-refractivity contribution is 0.112. The number of hydrazine groups is 1. The summed E-state index contributed by atoms with van der Waals surface area (Å²) in [4.78, 5) is 18.3. The molecule has 4 rings (SSSR count). The lowest BCUT2D eigenvalue weighted by atomic mass is 10.0. The minimum atomic E-state index is 0.700. The first kappa shape index (κ1) is 18.9. The van der Waals surface area contributed by atoms with E-state index in [2.05, 4.69) is 33.4 Å². The molecular formula is C22H21N3OS. The predicted molar refractivity (Wildman–Crippen MR) is 114 cm³/mol. The third kappa shape index (κ3) is 5.08. The van der Waals surface area contributed by atoms with Gasteiger partial charge in [0, 0.05) is 22.0 Å². The lowest BCUT2D eigenvalue weighted by Crippen LogP contribution is -2.18. The number of rotatable bonds is 5. The number of fused-ring (bicyclic) bond motifs is 1. The third-order valence-electron chi connectivity index (χ3n) is 3.94. The van der Waals surface area contributed by atoms with E-state index in [0.717, 1.165) is 28.3 Å². The molecule has 0 saturated carbocycles. The second-order valence-electron chi connectivity index (χ2n) is 5.76. The van der Waals surface area contributed by atoms with Gasteiger partial charge in [-0.15, -0.1) is 0 Å². The molecule has 0 unspecified atom stereocenters. The molecule has 27 heavy (non-hydrogen) atoms. The number of aromatic nitrogens is 1. The lowest BCUT2D eigenvalue weighted by Gasteiger charge is -2.03. The highest BCUT2D eigenvalue weighted by Crippen LogP contribution is 2.26. The molecule has 0 spiro atoms. The average molecular weight is 375 g/mol. The summed E-state index contributed by atoms with van der Waals surface area (Å²) >= 11 is 1.56. The Labute approximate surface area is 163 Å². The zero-order valence-corrected chi connectivity index (χ0v) is 15.8. The summed E-state index contributed by atoms with van der Waals surface area (Å²) in [6, 6.07) is 26.2. The van der Waals surface area contributed by atoms with Crippen LogP contribution in [0, 0.1) is 0 Å². The molecule has 0 bridgehead atoms. The van der Waals surface area contributed by atoms with Crippen molar-refractivity contribution < 1.29 is 4.79 Å². The van der Waals surface area contributed by atoms with E-state index < -0.39 is 0 Å². The SMILES string of the molecule is CNNSc1ccccc1.O=Cc1cc(-c2ccccc2)cc2cc[nH]c12. The van der Waals surface area contributed by atoms with Crippen LogP contribution in [0.3, 0.4) is 0 Å².